The van der Waals surface area contributed by atoms with Gasteiger partial charge in [0.25, 0.3) is 0 Å². The fraction of sp³-hybridized carbons (Fsp3) is 0.400. The molecule has 1 aromatic heterocycles. The lowest BCUT2D eigenvalue weighted by Gasteiger charge is -2.15. The van der Waals surface area contributed by atoms with E-state index in [1.54, 1.807) is 0 Å². The minimum absolute atomic E-state index is 0.230. The molecule has 0 fully saturated rings. The Labute approximate surface area is 113 Å². The van der Waals surface area contributed by atoms with E-state index in [1.165, 1.54) is 10.9 Å². The molecular formula is C15H17ClN2. The van der Waals surface area contributed by atoms with Gasteiger partial charge < -0.3 is 4.57 Å². The highest BCUT2D eigenvalue weighted by atomic mass is 35.5. The molecule has 0 N–H and O–H groups in total. The van der Waals surface area contributed by atoms with E-state index in [-0.39, 0.29) is 5.41 Å². The summed E-state index contributed by atoms with van der Waals surface area (Å²) in [7, 11) is 0. The number of fused-ring (bicyclic) bond motifs is 1. The summed E-state index contributed by atoms with van der Waals surface area (Å²) in [5, 5.41) is 10.9. The molecule has 1 aromatic carbocycles. The summed E-state index contributed by atoms with van der Waals surface area (Å²) in [6, 6.07) is 10.4. The van der Waals surface area contributed by atoms with Crippen LogP contribution in [0, 0.1) is 16.7 Å². The smallest absolute Gasteiger partial charge is 0.0683 e. The van der Waals surface area contributed by atoms with E-state index < -0.39 is 0 Å². The number of hydrogen-bond acceptors (Lipinski definition) is 1. The van der Waals surface area contributed by atoms with Crippen molar-refractivity contribution in [3.05, 3.63) is 35.5 Å². The van der Waals surface area contributed by atoms with Crippen LogP contribution in [-0.4, -0.2) is 4.57 Å². The van der Waals surface area contributed by atoms with E-state index in [9.17, 15) is 0 Å². The maximum Gasteiger partial charge on any atom is 0.0683 e. The van der Waals surface area contributed by atoms with E-state index in [1.807, 2.05) is 32.0 Å². The molecule has 0 bridgehead atoms. The Balaban J connectivity index is 2.07. The summed E-state index contributed by atoms with van der Waals surface area (Å²) in [6.07, 6.45) is 4.00. The first-order valence-corrected chi connectivity index (χ1v) is 6.55. The van der Waals surface area contributed by atoms with Gasteiger partial charge in [0.15, 0.2) is 0 Å². The number of rotatable bonds is 4. The van der Waals surface area contributed by atoms with Crippen molar-refractivity contribution >= 4 is 22.5 Å². The van der Waals surface area contributed by atoms with Crippen LogP contribution in [0.1, 0.15) is 26.7 Å². The third-order valence-corrected chi connectivity index (χ3v) is 3.47. The maximum absolute atomic E-state index is 8.98. The molecule has 94 valence electrons. The Morgan fingerprint density at radius 2 is 2.11 bits per heavy atom. The number of hydrogen-bond donors (Lipinski definition) is 0. The minimum atomic E-state index is -0.230. The van der Waals surface area contributed by atoms with Crippen molar-refractivity contribution in [2.45, 2.75) is 33.2 Å². The lowest BCUT2D eigenvalue weighted by Crippen LogP contribution is -2.09. The zero-order valence-electron chi connectivity index (χ0n) is 10.8. The van der Waals surface area contributed by atoms with Crippen LogP contribution in [0.3, 0.4) is 0 Å². The highest BCUT2D eigenvalue weighted by Crippen LogP contribution is 2.24. The summed E-state index contributed by atoms with van der Waals surface area (Å²) in [5.41, 5.74) is 0.973. The third kappa shape index (κ3) is 2.86. The van der Waals surface area contributed by atoms with E-state index in [4.69, 9.17) is 16.9 Å². The predicted octanol–water partition coefficient (Wildman–Crippen LogP) is 4.62. The van der Waals surface area contributed by atoms with Crippen LogP contribution in [0.5, 0.6) is 0 Å². The summed E-state index contributed by atoms with van der Waals surface area (Å²) in [6.45, 7) is 4.91. The third-order valence-electron chi connectivity index (χ3n) is 3.24. The Hall–Kier alpha value is -1.46. The number of aryl methyl sites for hydroxylation is 1. The van der Waals surface area contributed by atoms with Crippen molar-refractivity contribution in [1.82, 2.24) is 4.57 Å². The number of nitrogens with zero attached hydrogens (tertiary/aromatic N) is 2. The van der Waals surface area contributed by atoms with Gasteiger partial charge in [-0.15, -0.1) is 0 Å². The number of nitriles is 1. The van der Waals surface area contributed by atoms with E-state index >= 15 is 0 Å². The second kappa shape index (κ2) is 5.04. The first-order chi connectivity index (χ1) is 8.52. The molecule has 0 saturated carbocycles. The van der Waals surface area contributed by atoms with E-state index in [2.05, 4.69) is 22.9 Å². The Morgan fingerprint density at radius 3 is 2.83 bits per heavy atom. The molecule has 0 aliphatic rings. The minimum Gasteiger partial charge on any atom is -0.347 e. The summed E-state index contributed by atoms with van der Waals surface area (Å²) in [4.78, 5) is 0. The Kier molecular flexibility index (Phi) is 3.63. The zero-order chi connectivity index (χ0) is 13.2. The van der Waals surface area contributed by atoms with Crippen molar-refractivity contribution in [2.75, 3.05) is 0 Å². The summed E-state index contributed by atoms with van der Waals surface area (Å²) in [5.74, 6) is 0. The lowest BCUT2D eigenvalue weighted by atomic mass is 9.90. The van der Waals surface area contributed by atoms with Gasteiger partial charge in [0, 0.05) is 28.7 Å². The highest BCUT2D eigenvalue weighted by Gasteiger charge is 2.15. The standard InChI is InChI=1S/C15H17ClN2/c1-15(2,11-17)7-3-8-18-9-6-12-10-13(16)4-5-14(12)18/h4-6,9-10H,3,7-8H2,1-2H3. The molecule has 0 aliphatic heterocycles. The van der Waals surface area contributed by atoms with Crippen molar-refractivity contribution in [3.63, 3.8) is 0 Å². The van der Waals surface area contributed by atoms with Gasteiger partial charge in [0.1, 0.15) is 0 Å². The monoisotopic (exact) mass is 260 g/mol. The maximum atomic E-state index is 8.98. The molecule has 2 rings (SSSR count). The van der Waals surface area contributed by atoms with E-state index in [0.717, 1.165) is 24.4 Å². The molecule has 3 heteroatoms. The quantitative estimate of drug-likeness (QED) is 0.788. The van der Waals surface area contributed by atoms with Crippen molar-refractivity contribution in [2.24, 2.45) is 5.41 Å². The summed E-state index contributed by atoms with van der Waals surface area (Å²) >= 11 is 5.97. The second-order valence-corrected chi connectivity index (χ2v) is 5.75. The van der Waals surface area contributed by atoms with Crippen LogP contribution in [0.15, 0.2) is 30.5 Å². The SMILES string of the molecule is CC(C)(C#N)CCCn1ccc2cc(Cl)ccc21. The molecule has 2 aromatic rings. The molecular weight excluding hydrogens is 244 g/mol. The van der Waals surface area contributed by atoms with E-state index in [0.29, 0.717) is 0 Å². The Morgan fingerprint density at radius 1 is 1.33 bits per heavy atom. The molecule has 2 nitrogen and oxygen atoms in total. The van der Waals surface area contributed by atoms with Gasteiger partial charge >= 0.3 is 0 Å². The van der Waals surface area contributed by atoms with Crippen molar-refractivity contribution in [3.8, 4) is 6.07 Å². The van der Waals surface area contributed by atoms with Gasteiger partial charge in [-0.25, -0.2) is 0 Å². The first-order valence-electron chi connectivity index (χ1n) is 6.17. The van der Waals surface area contributed by atoms with Crippen LogP contribution >= 0.6 is 11.6 Å². The average molecular weight is 261 g/mol. The van der Waals surface area contributed by atoms with Gasteiger partial charge in [-0.3, -0.25) is 0 Å². The molecule has 0 radical (unpaired) electrons. The second-order valence-electron chi connectivity index (χ2n) is 5.31. The number of aromatic nitrogens is 1. The van der Waals surface area contributed by atoms with Crippen LogP contribution in [0.4, 0.5) is 0 Å². The highest BCUT2D eigenvalue weighted by molar-refractivity contribution is 6.31. The first kappa shape index (κ1) is 13.0. The average Bonchev–Trinajstić information content (AvgIpc) is 2.71. The fourth-order valence-electron chi connectivity index (χ4n) is 2.11. The van der Waals surface area contributed by atoms with Crippen molar-refractivity contribution < 1.29 is 0 Å². The fourth-order valence-corrected chi connectivity index (χ4v) is 2.29. The lowest BCUT2D eigenvalue weighted by molar-refractivity contribution is 0.418. The van der Waals surface area contributed by atoms with Gasteiger partial charge in [0.2, 0.25) is 0 Å². The molecule has 1 heterocycles. The van der Waals surface area contributed by atoms with Crippen LogP contribution in [-0.2, 0) is 6.54 Å². The Bertz CT molecular complexity index is 590. The van der Waals surface area contributed by atoms with Crippen LogP contribution in [0.25, 0.3) is 10.9 Å². The topological polar surface area (TPSA) is 28.7 Å². The van der Waals surface area contributed by atoms with Crippen LogP contribution in [0.2, 0.25) is 5.02 Å². The van der Waals surface area contributed by atoms with Gasteiger partial charge in [-0.1, -0.05) is 11.6 Å². The molecule has 0 saturated heterocycles. The molecule has 0 amide bonds. The summed E-state index contributed by atoms with van der Waals surface area (Å²) < 4.78 is 2.22. The van der Waals surface area contributed by atoms with Crippen molar-refractivity contribution in [1.29, 1.82) is 5.26 Å². The normalized spacial score (nSPS) is 11.7. The molecule has 0 aliphatic carbocycles. The molecule has 0 unspecified atom stereocenters. The predicted molar refractivity (Wildman–Crippen MR) is 75.6 cm³/mol. The number of benzene rings is 1. The molecule has 0 spiro atoms. The largest absolute Gasteiger partial charge is 0.347 e. The zero-order valence-corrected chi connectivity index (χ0v) is 11.5. The number of halogens is 1. The van der Waals surface area contributed by atoms with Crippen LogP contribution < -0.4 is 0 Å². The van der Waals surface area contributed by atoms with Gasteiger partial charge in [-0.05, 0) is 51.0 Å². The van der Waals surface area contributed by atoms with Gasteiger partial charge in [0.05, 0.1) is 11.5 Å². The molecule has 0 atom stereocenters. The van der Waals surface area contributed by atoms with Gasteiger partial charge in [-0.2, -0.15) is 5.26 Å². The molecule has 18 heavy (non-hydrogen) atoms.